The molecule has 2 heterocycles. The Morgan fingerprint density at radius 1 is 1.03 bits per heavy atom. The summed E-state index contributed by atoms with van der Waals surface area (Å²) in [5, 5.41) is 7.24. The molecule has 2 aromatic carbocycles. The van der Waals surface area contributed by atoms with Gasteiger partial charge in [-0.05, 0) is 66.6 Å². The monoisotopic (exact) mass is 489 g/mol. The van der Waals surface area contributed by atoms with Crippen molar-refractivity contribution >= 4 is 61.8 Å². The predicted octanol–water partition coefficient (Wildman–Crippen LogP) is 4.43. The van der Waals surface area contributed by atoms with Crippen LogP contribution < -0.4 is 14.9 Å². The highest BCUT2D eigenvalue weighted by Crippen LogP contribution is 2.35. The molecule has 1 aliphatic rings. The minimum atomic E-state index is -3.69. The van der Waals surface area contributed by atoms with Gasteiger partial charge in [0, 0.05) is 22.9 Å². The molecule has 166 valence electrons. The van der Waals surface area contributed by atoms with E-state index in [1.807, 2.05) is 6.92 Å². The van der Waals surface area contributed by atoms with Crippen LogP contribution in [0, 0.1) is 6.92 Å². The number of hydrogen-bond acceptors (Lipinski definition) is 5. The third-order valence-corrected chi connectivity index (χ3v) is 8.69. The second kappa shape index (κ2) is 8.93. The Hall–Kier alpha value is -2.88. The van der Waals surface area contributed by atoms with E-state index in [0.29, 0.717) is 35.1 Å². The van der Waals surface area contributed by atoms with Crippen LogP contribution in [-0.2, 0) is 26.0 Å². The first-order valence-corrected chi connectivity index (χ1v) is 12.5. The summed E-state index contributed by atoms with van der Waals surface area (Å²) in [7, 11) is -3.69. The van der Waals surface area contributed by atoms with E-state index in [1.165, 1.54) is 4.31 Å². The molecule has 2 amide bonds. The van der Waals surface area contributed by atoms with E-state index in [9.17, 15) is 18.0 Å². The van der Waals surface area contributed by atoms with Gasteiger partial charge < -0.3 is 10.6 Å². The second-order valence-corrected chi connectivity index (χ2v) is 10.8. The molecule has 32 heavy (non-hydrogen) atoms. The third-order valence-electron chi connectivity index (χ3n) is 5.09. The number of carbonyl (C=O) groups is 2. The number of nitrogens with zero attached hydrogens (tertiary/aromatic N) is 1. The number of thiophene rings is 1. The van der Waals surface area contributed by atoms with Crippen molar-refractivity contribution in [2.75, 3.05) is 21.5 Å². The van der Waals surface area contributed by atoms with Gasteiger partial charge in [-0.15, -0.1) is 11.3 Å². The molecular weight excluding hydrogens is 470 g/mol. The molecule has 7 nitrogen and oxygen atoms in total. The lowest BCUT2D eigenvalue weighted by molar-refractivity contribution is -0.132. The molecule has 0 fully saturated rings. The molecule has 0 saturated heterocycles. The molecule has 0 bridgehead atoms. The fraction of sp³-hybridized carbons (Fsp3) is 0.182. The highest BCUT2D eigenvalue weighted by Gasteiger charge is 2.30. The van der Waals surface area contributed by atoms with Gasteiger partial charge in [0.05, 0.1) is 5.69 Å². The zero-order valence-electron chi connectivity index (χ0n) is 17.1. The van der Waals surface area contributed by atoms with E-state index < -0.39 is 21.8 Å². The summed E-state index contributed by atoms with van der Waals surface area (Å²) in [6.45, 7) is 2.18. The standard InChI is InChI=1S/C22H20ClN3O4S2/c1-14-6-8-16(12-18(14)23)24-21(27)22(28)25-17-9-7-15-4-2-10-26(19(15)13-17)32(29,30)20-5-3-11-31-20/h3,5-9,11-13H,2,4,10H2,1H3,(H,24,27)(H,25,28). The summed E-state index contributed by atoms with van der Waals surface area (Å²) in [5.74, 6) is -1.73. The largest absolute Gasteiger partial charge is 0.318 e. The Labute approximate surface area is 195 Å². The molecular formula is C22H20ClN3O4S2. The lowest BCUT2D eigenvalue weighted by Gasteiger charge is -2.30. The maximum absolute atomic E-state index is 13.1. The number of halogens is 1. The fourth-order valence-corrected chi connectivity index (χ4v) is 6.25. The minimum Gasteiger partial charge on any atom is -0.318 e. The summed E-state index contributed by atoms with van der Waals surface area (Å²) in [5.41, 5.74) is 2.96. The van der Waals surface area contributed by atoms with E-state index >= 15 is 0 Å². The number of amides is 2. The van der Waals surface area contributed by atoms with Crippen LogP contribution >= 0.6 is 22.9 Å². The van der Waals surface area contributed by atoms with Gasteiger partial charge >= 0.3 is 11.8 Å². The quantitative estimate of drug-likeness (QED) is 0.530. The van der Waals surface area contributed by atoms with Gasteiger partial charge in [-0.2, -0.15) is 0 Å². The molecule has 2 N–H and O–H groups in total. The van der Waals surface area contributed by atoms with E-state index in [0.717, 1.165) is 28.9 Å². The number of aryl methyl sites for hydroxylation is 2. The summed E-state index contributed by atoms with van der Waals surface area (Å²) in [6, 6.07) is 13.2. The number of benzene rings is 2. The van der Waals surface area contributed by atoms with Crippen LogP contribution in [0.3, 0.4) is 0 Å². The number of fused-ring (bicyclic) bond motifs is 1. The zero-order chi connectivity index (χ0) is 22.9. The average molecular weight is 490 g/mol. The molecule has 10 heteroatoms. The Bertz CT molecular complexity index is 1290. The highest BCUT2D eigenvalue weighted by molar-refractivity contribution is 7.94. The lowest BCUT2D eigenvalue weighted by Crippen LogP contribution is -2.35. The van der Waals surface area contributed by atoms with Gasteiger partial charge in [-0.25, -0.2) is 8.42 Å². The first-order valence-electron chi connectivity index (χ1n) is 9.83. The maximum atomic E-state index is 13.1. The van der Waals surface area contributed by atoms with Gasteiger partial charge in [0.15, 0.2) is 0 Å². The SMILES string of the molecule is Cc1ccc(NC(=O)C(=O)Nc2ccc3c(c2)N(S(=O)(=O)c2cccs2)CCC3)cc1Cl. The average Bonchev–Trinajstić information content (AvgIpc) is 3.31. The van der Waals surface area contributed by atoms with Crippen molar-refractivity contribution in [1.82, 2.24) is 0 Å². The zero-order valence-corrected chi connectivity index (χ0v) is 19.5. The molecule has 0 unspecified atom stereocenters. The van der Waals surface area contributed by atoms with Crippen molar-refractivity contribution in [3.05, 3.63) is 70.1 Å². The molecule has 1 aliphatic heterocycles. The van der Waals surface area contributed by atoms with Gasteiger partial charge in [0.1, 0.15) is 4.21 Å². The van der Waals surface area contributed by atoms with Crippen LogP contribution in [0.2, 0.25) is 5.02 Å². The van der Waals surface area contributed by atoms with Crippen molar-refractivity contribution < 1.29 is 18.0 Å². The topological polar surface area (TPSA) is 95.6 Å². The van der Waals surface area contributed by atoms with Gasteiger partial charge in [0.2, 0.25) is 0 Å². The summed E-state index contributed by atoms with van der Waals surface area (Å²) >= 11 is 7.21. The van der Waals surface area contributed by atoms with Gasteiger partial charge in [-0.3, -0.25) is 13.9 Å². The minimum absolute atomic E-state index is 0.260. The molecule has 1 aromatic heterocycles. The Morgan fingerprint density at radius 3 is 2.38 bits per heavy atom. The maximum Gasteiger partial charge on any atom is 0.314 e. The normalized spacial score (nSPS) is 13.4. The first kappa shape index (κ1) is 22.3. The molecule has 0 atom stereocenters. The molecule has 4 rings (SSSR count). The Morgan fingerprint density at radius 2 is 1.72 bits per heavy atom. The van der Waals surface area contributed by atoms with Crippen molar-refractivity contribution in [2.45, 2.75) is 24.0 Å². The van der Waals surface area contributed by atoms with E-state index in [1.54, 1.807) is 53.9 Å². The number of anilines is 3. The lowest BCUT2D eigenvalue weighted by atomic mass is 10.0. The van der Waals surface area contributed by atoms with Crippen LogP contribution in [0.5, 0.6) is 0 Å². The number of rotatable bonds is 4. The second-order valence-electron chi connectivity index (χ2n) is 7.33. The number of carbonyl (C=O) groups excluding carboxylic acids is 2. The third kappa shape index (κ3) is 4.50. The van der Waals surface area contributed by atoms with Crippen molar-refractivity contribution in [1.29, 1.82) is 0 Å². The molecule has 0 saturated carbocycles. The summed E-state index contributed by atoms with van der Waals surface area (Å²) in [6.07, 6.45) is 1.43. The van der Waals surface area contributed by atoms with Crippen LogP contribution in [0.15, 0.2) is 58.1 Å². The molecule has 3 aromatic rings. The molecule has 0 spiro atoms. The van der Waals surface area contributed by atoms with E-state index in [-0.39, 0.29) is 4.21 Å². The number of hydrogen-bond donors (Lipinski definition) is 2. The Balaban J connectivity index is 1.53. The van der Waals surface area contributed by atoms with Gasteiger partial charge in [0.25, 0.3) is 10.0 Å². The van der Waals surface area contributed by atoms with Crippen LogP contribution in [0.1, 0.15) is 17.5 Å². The summed E-state index contributed by atoms with van der Waals surface area (Å²) in [4.78, 5) is 24.7. The van der Waals surface area contributed by atoms with E-state index in [2.05, 4.69) is 10.6 Å². The van der Waals surface area contributed by atoms with Crippen LogP contribution in [-0.4, -0.2) is 26.8 Å². The number of sulfonamides is 1. The Kier molecular flexibility index (Phi) is 6.23. The predicted molar refractivity (Wildman–Crippen MR) is 127 cm³/mol. The van der Waals surface area contributed by atoms with Gasteiger partial charge in [-0.1, -0.05) is 29.8 Å². The smallest absolute Gasteiger partial charge is 0.314 e. The highest BCUT2D eigenvalue weighted by atomic mass is 35.5. The first-order chi connectivity index (χ1) is 15.3. The summed E-state index contributed by atoms with van der Waals surface area (Å²) < 4.78 is 27.8. The molecule has 0 aliphatic carbocycles. The van der Waals surface area contributed by atoms with Crippen LogP contribution in [0.25, 0.3) is 0 Å². The van der Waals surface area contributed by atoms with Crippen LogP contribution in [0.4, 0.5) is 17.1 Å². The van der Waals surface area contributed by atoms with Crippen molar-refractivity contribution in [3.8, 4) is 0 Å². The van der Waals surface area contributed by atoms with Crippen molar-refractivity contribution in [3.63, 3.8) is 0 Å². The van der Waals surface area contributed by atoms with E-state index in [4.69, 9.17) is 11.6 Å². The van der Waals surface area contributed by atoms with Crippen molar-refractivity contribution in [2.24, 2.45) is 0 Å². The number of nitrogens with one attached hydrogen (secondary N) is 2. The fourth-order valence-electron chi connectivity index (χ4n) is 3.43. The molecule has 0 radical (unpaired) electrons.